The summed E-state index contributed by atoms with van der Waals surface area (Å²) in [5.41, 5.74) is 3.32. The number of aromatic nitrogens is 1. The zero-order valence-electron chi connectivity index (χ0n) is 8.58. The number of carbonyl (C=O) groups is 1. The molecule has 1 N–H and O–H groups in total. The molecule has 0 spiro atoms. The van der Waals surface area contributed by atoms with Crippen LogP contribution in [-0.4, -0.2) is 17.0 Å². The minimum Gasteiger partial charge on any atom is -0.303 e. The molecule has 1 aromatic carbocycles. The number of nitrogens with zero attached hydrogens (tertiary/aromatic N) is 1. The molecule has 0 amide bonds. The molecular formula is C12H12N2O. The Morgan fingerprint density at radius 2 is 2.13 bits per heavy atom. The van der Waals surface area contributed by atoms with Crippen molar-refractivity contribution in [1.29, 1.82) is 0 Å². The zero-order chi connectivity index (χ0) is 10.4. The van der Waals surface area contributed by atoms with E-state index in [1.165, 1.54) is 5.56 Å². The van der Waals surface area contributed by atoms with Gasteiger partial charge in [0.1, 0.15) is 0 Å². The molecule has 1 aromatic heterocycles. The van der Waals surface area contributed by atoms with Crippen molar-refractivity contribution in [3.63, 3.8) is 0 Å². The zero-order valence-corrected chi connectivity index (χ0v) is 8.58. The molecule has 0 radical (unpaired) electrons. The van der Waals surface area contributed by atoms with Gasteiger partial charge in [-0.3, -0.25) is 9.36 Å². The van der Waals surface area contributed by atoms with Crippen molar-refractivity contribution in [3.05, 3.63) is 35.5 Å². The van der Waals surface area contributed by atoms with Crippen molar-refractivity contribution in [1.82, 2.24) is 9.88 Å². The van der Waals surface area contributed by atoms with Crippen LogP contribution in [0.1, 0.15) is 16.1 Å². The van der Waals surface area contributed by atoms with Gasteiger partial charge in [-0.25, -0.2) is 0 Å². The van der Waals surface area contributed by atoms with Crippen molar-refractivity contribution in [2.24, 2.45) is 0 Å². The fraction of sp³-hybridized carbons (Fsp3) is 0.250. The highest BCUT2D eigenvalue weighted by atomic mass is 16.2. The predicted molar refractivity (Wildman–Crippen MR) is 59.0 cm³/mol. The second kappa shape index (κ2) is 2.94. The van der Waals surface area contributed by atoms with Gasteiger partial charge >= 0.3 is 0 Å². The van der Waals surface area contributed by atoms with Gasteiger partial charge in [0.25, 0.3) is 0 Å². The Kier molecular flexibility index (Phi) is 1.70. The minimum absolute atomic E-state index is 0.134. The first-order valence-electron chi connectivity index (χ1n) is 5.10. The molecule has 0 bridgehead atoms. The van der Waals surface area contributed by atoms with Crippen molar-refractivity contribution < 1.29 is 4.79 Å². The number of benzene rings is 1. The van der Waals surface area contributed by atoms with Crippen molar-refractivity contribution >= 4 is 16.8 Å². The molecule has 0 saturated carbocycles. The molecule has 15 heavy (non-hydrogen) atoms. The number of carbonyl (C=O) groups excluding carboxylic acids is 1. The molecule has 2 aromatic rings. The summed E-state index contributed by atoms with van der Waals surface area (Å²) < 4.78 is 1.82. The van der Waals surface area contributed by atoms with Crippen LogP contribution >= 0.6 is 0 Å². The van der Waals surface area contributed by atoms with E-state index in [-0.39, 0.29) is 5.91 Å². The lowest BCUT2D eigenvalue weighted by Gasteiger charge is -2.15. The van der Waals surface area contributed by atoms with Gasteiger partial charge in [0.2, 0.25) is 5.91 Å². The van der Waals surface area contributed by atoms with E-state index >= 15 is 0 Å². The van der Waals surface area contributed by atoms with E-state index in [0.29, 0.717) is 6.54 Å². The summed E-state index contributed by atoms with van der Waals surface area (Å²) in [6, 6.07) is 8.28. The van der Waals surface area contributed by atoms with Crippen molar-refractivity contribution in [2.75, 3.05) is 6.54 Å². The van der Waals surface area contributed by atoms with E-state index in [4.69, 9.17) is 0 Å². The lowest BCUT2D eigenvalue weighted by Crippen LogP contribution is -2.34. The molecule has 2 heterocycles. The normalized spacial score (nSPS) is 15.7. The largest absolute Gasteiger partial charge is 0.303 e. The smallest absolute Gasteiger partial charge is 0.245 e. The molecule has 3 nitrogen and oxygen atoms in total. The molecule has 0 fully saturated rings. The molecule has 1 aliphatic heterocycles. The quantitative estimate of drug-likeness (QED) is 0.702. The summed E-state index contributed by atoms with van der Waals surface area (Å²) in [7, 11) is 0. The topological polar surface area (TPSA) is 34.0 Å². The van der Waals surface area contributed by atoms with Gasteiger partial charge in [-0.2, -0.15) is 0 Å². The molecule has 3 rings (SSSR count). The molecular weight excluding hydrogens is 188 g/mol. The van der Waals surface area contributed by atoms with E-state index in [9.17, 15) is 4.79 Å². The lowest BCUT2D eigenvalue weighted by atomic mass is 10.2. The predicted octanol–water partition coefficient (Wildman–Crippen LogP) is 1.69. The highest BCUT2D eigenvalue weighted by Gasteiger charge is 2.18. The fourth-order valence-electron chi connectivity index (χ4n) is 2.19. The van der Waals surface area contributed by atoms with Gasteiger partial charge in [-0.15, -0.1) is 0 Å². The number of fused-ring (bicyclic) bond motifs is 3. The van der Waals surface area contributed by atoms with Crippen LogP contribution in [0.25, 0.3) is 10.9 Å². The van der Waals surface area contributed by atoms with E-state index in [0.717, 1.165) is 23.1 Å². The third kappa shape index (κ3) is 1.20. The number of rotatable bonds is 0. The Labute approximate surface area is 87.7 Å². The number of hydrogen-bond acceptors (Lipinski definition) is 2. The molecule has 1 aliphatic rings. The summed E-state index contributed by atoms with van der Waals surface area (Å²) in [4.78, 5) is 11.7. The van der Waals surface area contributed by atoms with Crippen LogP contribution < -0.4 is 5.32 Å². The average molecular weight is 200 g/mol. The maximum absolute atomic E-state index is 11.7. The Morgan fingerprint density at radius 3 is 3.00 bits per heavy atom. The average Bonchev–Trinajstić information content (AvgIpc) is 2.56. The lowest BCUT2D eigenvalue weighted by molar-refractivity contribution is 0.0900. The molecule has 76 valence electrons. The Morgan fingerprint density at radius 1 is 1.27 bits per heavy atom. The number of aryl methyl sites for hydroxylation is 1. The van der Waals surface area contributed by atoms with Crippen LogP contribution in [-0.2, 0) is 6.54 Å². The Bertz CT molecular complexity index is 554. The first-order valence-corrected chi connectivity index (χ1v) is 5.10. The van der Waals surface area contributed by atoms with Crippen LogP contribution in [0, 0.1) is 6.92 Å². The first kappa shape index (κ1) is 8.68. The van der Waals surface area contributed by atoms with Gasteiger partial charge < -0.3 is 5.32 Å². The molecule has 0 unspecified atom stereocenters. The Hall–Kier alpha value is -1.61. The van der Waals surface area contributed by atoms with Gasteiger partial charge in [0, 0.05) is 17.6 Å². The summed E-state index contributed by atoms with van der Waals surface area (Å²) in [6.45, 7) is 3.28. The third-order valence-electron chi connectivity index (χ3n) is 2.87. The standard InChI is InChI=1S/C12H12N2O/c1-8-2-3-11-9(4-8)5-10-6-13-7-12(15)14(10)11/h2-5,13H,6-7H2,1H3. The minimum atomic E-state index is 0.134. The van der Waals surface area contributed by atoms with Crippen LogP contribution in [0.5, 0.6) is 0 Å². The van der Waals surface area contributed by atoms with Gasteiger partial charge in [0.15, 0.2) is 0 Å². The second-order valence-corrected chi connectivity index (χ2v) is 4.03. The summed E-state index contributed by atoms with van der Waals surface area (Å²) in [5, 5.41) is 4.25. The van der Waals surface area contributed by atoms with Gasteiger partial charge in [-0.05, 0) is 25.1 Å². The second-order valence-electron chi connectivity index (χ2n) is 4.03. The maximum Gasteiger partial charge on any atom is 0.245 e. The number of nitrogens with one attached hydrogen (secondary N) is 1. The Balaban J connectivity index is 2.36. The van der Waals surface area contributed by atoms with E-state index in [2.05, 4.69) is 24.4 Å². The monoisotopic (exact) mass is 200 g/mol. The highest BCUT2D eigenvalue weighted by molar-refractivity contribution is 5.95. The number of hydrogen-bond donors (Lipinski definition) is 1. The fourth-order valence-corrected chi connectivity index (χ4v) is 2.19. The maximum atomic E-state index is 11.7. The van der Waals surface area contributed by atoms with Crippen LogP contribution in [0.15, 0.2) is 24.3 Å². The summed E-state index contributed by atoms with van der Waals surface area (Å²) in [6.07, 6.45) is 0. The molecule has 0 saturated heterocycles. The molecule has 0 aliphatic carbocycles. The highest BCUT2D eigenvalue weighted by Crippen LogP contribution is 2.22. The van der Waals surface area contributed by atoms with E-state index < -0.39 is 0 Å². The van der Waals surface area contributed by atoms with E-state index in [1.54, 1.807) is 0 Å². The third-order valence-corrected chi connectivity index (χ3v) is 2.87. The summed E-state index contributed by atoms with van der Waals surface area (Å²) >= 11 is 0. The van der Waals surface area contributed by atoms with Crippen LogP contribution in [0.3, 0.4) is 0 Å². The van der Waals surface area contributed by atoms with Gasteiger partial charge in [-0.1, -0.05) is 11.6 Å². The molecule has 0 atom stereocenters. The first-order chi connectivity index (χ1) is 7.25. The summed E-state index contributed by atoms with van der Waals surface area (Å²) in [5.74, 6) is 0.134. The van der Waals surface area contributed by atoms with Gasteiger partial charge in [0.05, 0.1) is 12.1 Å². The molecule has 3 heteroatoms. The van der Waals surface area contributed by atoms with Crippen LogP contribution in [0.4, 0.5) is 0 Å². The van der Waals surface area contributed by atoms with Crippen molar-refractivity contribution in [3.8, 4) is 0 Å². The van der Waals surface area contributed by atoms with E-state index in [1.807, 2.05) is 16.7 Å². The van der Waals surface area contributed by atoms with Crippen LogP contribution in [0.2, 0.25) is 0 Å². The van der Waals surface area contributed by atoms with Crippen molar-refractivity contribution in [2.45, 2.75) is 13.5 Å². The SMILES string of the molecule is Cc1ccc2c(c1)cc1n2C(=O)CNC1.